The molecule has 0 amide bonds. The Balaban J connectivity index is 2.56. The molecule has 18 heavy (non-hydrogen) atoms. The number of carbonyl (C=O) groups is 1. The maximum absolute atomic E-state index is 13.7. The van der Waals surface area contributed by atoms with Gasteiger partial charge < -0.3 is 10.1 Å². The van der Waals surface area contributed by atoms with E-state index in [4.69, 9.17) is 5.11 Å². The first kappa shape index (κ1) is 12.5. The van der Waals surface area contributed by atoms with Crippen LogP contribution in [0.2, 0.25) is 0 Å². The number of carboxylic acid groups (broad SMARTS) is 1. The molecule has 92 valence electrons. The lowest BCUT2D eigenvalue weighted by Crippen LogP contribution is -2.17. The molecule has 1 heterocycles. The fourth-order valence-electron chi connectivity index (χ4n) is 1.51. The van der Waals surface area contributed by atoms with Gasteiger partial charge in [0.1, 0.15) is 11.4 Å². The van der Waals surface area contributed by atoms with E-state index in [1.54, 1.807) is 6.07 Å². The molecule has 0 bridgehead atoms. The zero-order chi connectivity index (χ0) is 13.3. The first-order valence-corrected chi connectivity index (χ1v) is 5.70. The first-order valence-electron chi connectivity index (χ1n) is 4.91. The lowest BCUT2D eigenvalue weighted by Gasteiger charge is -2.04. The largest absolute Gasteiger partial charge is 0.477 e. The van der Waals surface area contributed by atoms with Crippen LogP contribution in [-0.2, 0) is 0 Å². The first-order chi connectivity index (χ1) is 8.49. The molecule has 0 radical (unpaired) electrons. The molecule has 0 saturated heterocycles. The third kappa shape index (κ3) is 2.33. The molecule has 0 spiro atoms. The number of rotatable bonds is 2. The van der Waals surface area contributed by atoms with Crippen molar-refractivity contribution in [1.29, 1.82) is 0 Å². The number of carboxylic acids is 1. The Morgan fingerprint density at radius 1 is 1.28 bits per heavy atom. The molecule has 0 aliphatic rings. The van der Waals surface area contributed by atoms with Crippen molar-refractivity contribution in [2.24, 2.45) is 0 Å². The van der Waals surface area contributed by atoms with Crippen molar-refractivity contribution in [3.05, 3.63) is 56.5 Å². The van der Waals surface area contributed by atoms with Crippen LogP contribution in [0.4, 0.5) is 4.39 Å². The van der Waals surface area contributed by atoms with Gasteiger partial charge in [0, 0.05) is 10.0 Å². The maximum atomic E-state index is 13.7. The molecule has 0 aliphatic heterocycles. The highest BCUT2D eigenvalue weighted by molar-refractivity contribution is 9.10. The topological polar surface area (TPSA) is 70.2 Å². The monoisotopic (exact) mass is 311 g/mol. The van der Waals surface area contributed by atoms with Crippen LogP contribution >= 0.6 is 15.9 Å². The van der Waals surface area contributed by atoms with Crippen molar-refractivity contribution < 1.29 is 14.3 Å². The van der Waals surface area contributed by atoms with E-state index in [1.807, 2.05) is 0 Å². The Morgan fingerprint density at radius 3 is 2.56 bits per heavy atom. The van der Waals surface area contributed by atoms with E-state index in [9.17, 15) is 14.0 Å². The van der Waals surface area contributed by atoms with E-state index >= 15 is 0 Å². The van der Waals surface area contributed by atoms with Gasteiger partial charge in [0.2, 0.25) is 0 Å². The Morgan fingerprint density at radius 2 is 2.00 bits per heavy atom. The Hall–Kier alpha value is -1.95. The minimum atomic E-state index is -1.32. The van der Waals surface area contributed by atoms with E-state index in [0.29, 0.717) is 4.47 Å². The van der Waals surface area contributed by atoms with Gasteiger partial charge in [0.15, 0.2) is 0 Å². The average molecular weight is 312 g/mol. The van der Waals surface area contributed by atoms with Crippen LogP contribution in [0, 0.1) is 5.82 Å². The number of aromatic carboxylic acids is 1. The second-order valence-corrected chi connectivity index (χ2v) is 4.46. The van der Waals surface area contributed by atoms with Gasteiger partial charge in [0.25, 0.3) is 5.56 Å². The molecule has 2 N–H and O–H groups in total. The van der Waals surface area contributed by atoms with E-state index in [-0.39, 0.29) is 16.8 Å². The number of aromatic nitrogens is 1. The smallest absolute Gasteiger partial charge is 0.341 e. The van der Waals surface area contributed by atoms with Crippen molar-refractivity contribution >= 4 is 21.9 Å². The SMILES string of the molecule is O=C(O)c1ccc(-c2ccc(Br)cc2F)[nH]c1=O. The lowest BCUT2D eigenvalue weighted by atomic mass is 10.1. The van der Waals surface area contributed by atoms with Gasteiger partial charge in [-0.25, -0.2) is 9.18 Å². The van der Waals surface area contributed by atoms with Crippen LogP contribution < -0.4 is 5.56 Å². The van der Waals surface area contributed by atoms with Crippen molar-refractivity contribution in [3.63, 3.8) is 0 Å². The third-order valence-electron chi connectivity index (χ3n) is 2.36. The van der Waals surface area contributed by atoms with Crippen LogP contribution in [0.1, 0.15) is 10.4 Å². The molecular formula is C12H7BrFNO3. The molecule has 2 aromatic rings. The summed E-state index contributed by atoms with van der Waals surface area (Å²) >= 11 is 3.12. The van der Waals surface area contributed by atoms with Crippen LogP contribution in [0.3, 0.4) is 0 Å². The summed E-state index contributed by atoms with van der Waals surface area (Å²) in [7, 11) is 0. The molecule has 2 rings (SSSR count). The predicted octanol–water partition coefficient (Wildman–Crippen LogP) is 2.64. The number of aromatic amines is 1. The average Bonchev–Trinajstić information content (AvgIpc) is 2.28. The molecule has 1 aromatic carbocycles. The maximum Gasteiger partial charge on any atom is 0.341 e. The molecule has 4 nitrogen and oxygen atoms in total. The molecule has 0 unspecified atom stereocenters. The van der Waals surface area contributed by atoms with Gasteiger partial charge in [0.05, 0.1) is 5.69 Å². The summed E-state index contributed by atoms with van der Waals surface area (Å²) in [5.74, 6) is -1.83. The van der Waals surface area contributed by atoms with Gasteiger partial charge in [-0.15, -0.1) is 0 Å². The highest BCUT2D eigenvalue weighted by atomic mass is 79.9. The van der Waals surface area contributed by atoms with E-state index in [2.05, 4.69) is 20.9 Å². The summed E-state index contributed by atoms with van der Waals surface area (Å²) in [5.41, 5.74) is -0.708. The number of H-pyrrole nitrogens is 1. The minimum absolute atomic E-state index is 0.201. The zero-order valence-electron chi connectivity index (χ0n) is 8.91. The summed E-state index contributed by atoms with van der Waals surface area (Å²) in [6.45, 7) is 0. The zero-order valence-corrected chi connectivity index (χ0v) is 10.5. The minimum Gasteiger partial charge on any atom is -0.477 e. The lowest BCUT2D eigenvalue weighted by molar-refractivity contribution is 0.0695. The van der Waals surface area contributed by atoms with E-state index in [1.165, 1.54) is 18.2 Å². The predicted molar refractivity (Wildman–Crippen MR) is 67.1 cm³/mol. The number of hydrogen-bond donors (Lipinski definition) is 2. The van der Waals surface area contributed by atoms with Crippen molar-refractivity contribution in [3.8, 4) is 11.3 Å². The number of pyridine rings is 1. The fourth-order valence-corrected chi connectivity index (χ4v) is 1.84. The Bertz CT molecular complexity index is 681. The molecule has 0 atom stereocenters. The molecule has 1 aromatic heterocycles. The van der Waals surface area contributed by atoms with Crippen molar-refractivity contribution in [2.75, 3.05) is 0 Å². The van der Waals surface area contributed by atoms with Gasteiger partial charge >= 0.3 is 5.97 Å². The van der Waals surface area contributed by atoms with Crippen LogP contribution in [-0.4, -0.2) is 16.1 Å². The molecular weight excluding hydrogens is 305 g/mol. The summed E-state index contributed by atoms with van der Waals surface area (Å²) in [6.07, 6.45) is 0. The Labute approximate surface area is 109 Å². The number of nitrogens with one attached hydrogen (secondary N) is 1. The normalized spacial score (nSPS) is 10.3. The standard InChI is InChI=1S/C12H7BrFNO3/c13-6-1-2-7(9(14)5-6)10-4-3-8(12(17)18)11(16)15-10/h1-5H,(H,15,16)(H,17,18). The van der Waals surface area contributed by atoms with Crippen molar-refractivity contribution in [2.45, 2.75) is 0 Å². The molecule has 0 aliphatic carbocycles. The third-order valence-corrected chi connectivity index (χ3v) is 2.85. The number of benzene rings is 1. The van der Waals surface area contributed by atoms with Crippen LogP contribution in [0.25, 0.3) is 11.3 Å². The number of hydrogen-bond acceptors (Lipinski definition) is 2. The van der Waals surface area contributed by atoms with Crippen LogP contribution in [0.15, 0.2) is 39.6 Å². The van der Waals surface area contributed by atoms with Gasteiger partial charge in [-0.1, -0.05) is 15.9 Å². The van der Waals surface area contributed by atoms with E-state index < -0.39 is 17.3 Å². The molecule has 6 heteroatoms. The van der Waals surface area contributed by atoms with Gasteiger partial charge in [-0.2, -0.15) is 0 Å². The highest BCUT2D eigenvalue weighted by Crippen LogP contribution is 2.23. The highest BCUT2D eigenvalue weighted by Gasteiger charge is 2.11. The second-order valence-electron chi connectivity index (χ2n) is 3.54. The summed E-state index contributed by atoms with van der Waals surface area (Å²) < 4.78 is 14.2. The summed E-state index contributed by atoms with van der Waals surface area (Å²) in [5, 5.41) is 8.72. The van der Waals surface area contributed by atoms with Gasteiger partial charge in [-0.05, 0) is 30.3 Å². The molecule has 0 saturated carbocycles. The van der Waals surface area contributed by atoms with E-state index in [0.717, 1.165) is 6.07 Å². The van der Waals surface area contributed by atoms with Crippen molar-refractivity contribution in [1.82, 2.24) is 4.98 Å². The summed E-state index contributed by atoms with van der Waals surface area (Å²) in [6, 6.07) is 6.89. The quantitative estimate of drug-likeness (QED) is 0.895. The summed E-state index contributed by atoms with van der Waals surface area (Å²) in [4.78, 5) is 24.5. The second kappa shape index (κ2) is 4.73. The molecule has 0 fully saturated rings. The fraction of sp³-hybridized carbons (Fsp3) is 0. The number of halogens is 2. The Kier molecular flexibility index (Phi) is 3.29. The van der Waals surface area contributed by atoms with Crippen LogP contribution in [0.5, 0.6) is 0 Å². The van der Waals surface area contributed by atoms with Gasteiger partial charge in [-0.3, -0.25) is 4.79 Å².